The van der Waals surface area contributed by atoms with E-state index in [2.05, 4.69) is 0 Å². The fraction of sp³-hybridized carbons (Fsp3) is 0.600. The summed E-state index contributed by atoms with van der Waals surface area (Å²) < 4.78 is 10.8. The number of carbonyl (C=O) groups is 2. The number of nitrogens with zero attached hydrogens (tertiary/aromatic N) is 2. The van der Waals surface area contributed by atoms with Crippen LogP contribution in [-0.2, 0) is 14.3 Å². The monoisotopic (exact) mass is 362 g/mol. The first-order chi connectivity index (χ1) is 12.5. The van der Waals surface area contributed by atoms with E-state index >= 15 is 0 Å². The summed E-state index contributed by atoms with van der Waals surface area (Å²) in [4.78, 5) is 28.0. The number of esters is 1. The van der Waals surface area contributed by atoms with E-state index in [0.29, 0.717) is 52.2 Å². The van der Waals surface area contributed by atoms with Crippen LogP contribution in [-0.4, -0.2) is 68.1 Å². The van der Waals surface area contributed by atoms with E-state index in [-0.39, 0.29) is 17.8 Å². The van der Waals surface area contributed by atoms with Crippen molar-refractivity contribution in [2.45, 2.75) is 26.7 Å². The van der Waals surface area contributed by atoms with E-state index in [1.54, 1.807) is 0 Å². The van der Waals surface area contributed by atoms with Crippen molar-refractivity contribution in [1.29, 1.82) is 0 Å². The standard InChI is InChI=1S/C20H30N2O4/c1-4-25-20(24)17-8-10-22(11-9-17)19(23)15-21(3)12-13-26-18-7-5-6-16(2)14-18/h5-7,14,17H,4,8-13,15H2,1-3H3. The molecule has 0 aliphatic carbocycles. The lowest BCUT2D eigenvalue weighted by Crippen LogP contribution is -2.45. The van der Waals surface area contributed by atoms with Crippen LogP contribution in [0.4, 0.5) is 0 Å². The molecular weight excluding hydrogens is 332 g/mol. The highest BCUT2D eigenvalue weighted by atomic mass is 16.5. The Labute approximate surface area is 156 Å². The van der Waals surface area contributed by atoms with Crippen molar-refractivity contribution in [2.24, 2.45) is 5.92 Å². The number of hydrogen-bond donors (Lipinski definition) is 0. The van der Waals surface area contributed by atoms with E-state index in [1.807, 2.05) is 55.0 Å². The minimum atomic E-state index is -0.134. The van der Waals surface area contributed by atoms with Gasteiger partial charge in [-0.1, -0.05) is 12.1 Å². The molecule has 144 valence electrons. The molecular formula is C20H30N2O4. The van der Waals surface area contributed by atoms with E-state index < -0.39 is 0 Å². The predicted molar refractivity (Wildman–Crippen MR) is 100 cm³/mol. The lowest BCUT2D eigenvalue weighted by Gasteiger charge is -2.32. The number of carbonyl (C=O) groups excluding carboxylic acids is 2. The van der Waals surface area contributed by atoms with Crippen molar-refractivity contribution in [3.05, 3.63) is 29.8 Å². The normalized spacial score (nSPS) is 15.2. The number of ether oxygens (including phenoxy) is 2. The summed E-state index contributed by atoms with van der Waals surface area (Å²) >= 11 is 0. The summed E-state index contributed by atoms with van der Waals surface area (Å²) in [6.45, 7) is 7.08. The van der Waals surface area contributed by atoms with Crippen LogP contribution in [0.2, 0.25) is 0 Å². The third kappa shape index (κ3) is 6.33. The SMILES string of the molecule is CCOC(=O)C1CCN(C(=O)CN(C)CCOc2cccc(C)c2)CC1. The van der Waals surface area contributed by atoms with Crippen LogP contribution in [0, 0.1) is 12.8 Å². The van der Waals surface area contributed by atoms with Crippen molar-refractivity contribution in [2.75, 3.05) is 46.4 Å². The molecule has 0 unspecified atom stereocenters. The summed E-state index contributed by atoms with van der Waals surface area (Å²) in [5.41, 5.74) is 1.16. The molecule has 1 amide bonds. The minimum Gasteiger partial charge on any atom is -0.492 e. The van der Waals surface area contributed by atoms with Crippen molar-refractivity contribution in [1.82, 2.24) is 9.80 Å². The second kappa shape index (κ2) is 10.2. The Morgan fingerprint density at radius 3 is 2.65 bits per heavy atom. The summed E-state index contributed by atoms with van der Waals surface area (Å²) in [5, 5.41) is 0. The molecule has 1 aliphatic heterocycles. The predicted octanol–water partition coefficient (Wildman–Crippen LogP) is 2.11. The van der Waals surface area contributed by atoms with Gasteiger partial charge in [0.2, 0.25) is 5.91 Å². The van der Waals surface area contributed by atoms with Gasteiger partial charge >= 0.3 is 5.97 Å². The van der Waals surface area contributed by atoms with Crippen LogP contribution in [0.25, 0.3) is 0 Å². The van der Waals surface area contributed by atoms with Gasteiger partial charge in [0.1, 0.15) is 12.4 Å². The summed E-state index contributed by atoms with van der Waals surface area (Å²) in [6, 6.07) is 7.94. The van der Waals surface area contributed by atoms with Crippen molar-refractivity contribution < 1.29 is 19.1 Å². The molecule has 6 heteroatoms. The van der Waals surface area contributed by atoms with Crippen LogP contribution in [0.1, 0.15) is 25.3 Å². The zero-order valence-corrected chi connectivity index (χ0v) is 16.1. The van der Waals surface area contributed by atoms with Crippen LogP contribution in [0.3, 0.4) is 0 Å². The number of aryl methyl sites for hydroxylation is 1. The Bertz CT molecular complexity index is 597. The quantitative estimate of drug-likeness (QED) is 0.663. The molecule has 0 N–H and O–H groups in total. The van der Waals surface area contributed by atoms with Crippen molar-refractivity contribution in [3.63, 3.8) is 0 Å². The molecule has 0 spiro atoms. The largest absolute Gasteiger partial charge is 0.492 e. The van der Waals surface area contributed by atoms with Crippen LogP contribution >= 0.6 is 0 Å². The van der Waals surface area contributed by atoms with E-state index in [1.165, 1.54) is 0 Å². The molecule has 1 aromatic carbocycles. The second-order valence-electron chi connectivity index (χ2n) is 6.81. The number of benzene rings is 1. The first-order valence-electron chi connectivity index (χ1n) is 9.32. The number of amides is 1. The molecule has 0 aromatic heterocycles. The van der Waals surface area contributed by atoms with E-state index in [4.69, 9.17) is 9.47 Å². The highest BCUT2D eigenvalue weighted by molar-refractivity contribution is 5.79. The molecule has 1 saturated heterocycles. The first kappa shape index (κ1) is 20.2. The molecule has 2 rings (SSSR count). The van der Waals surface area contributed by atoms with Gasteiger partial charge in [0.15, 0.2) is 0 Å². The van der Waals surface area contributed by atoms with Crippen molar-refractivity contribution in [3.8, 4) is 5.75 Å². The molecule has 0 radical (unpaired) electrons. The maximum Gasteiger partial charge on any atom is 0.309 e. The Morgan fingerprint density at radius 1 is 1.27 bits per heavy atom. The molecule has 0 bridgehead atoms. The average molecular weight is 362 g/mol. The maximum atomic E-state index is 12.4. The smallest absolute Gasteiger partial charge is 0.309 e. The average Bonchev–Trinajstić information content (AvgIpc) is 2.62. The Kier molecular flexibility index (Phi) is 7.91. The molecule has 1 aliphatic rings. The maximum absolute atomic E-state index is 12.4. The number of likely N-dealkylation sites (N-methyl/N-ethyl adjacent to an activating group) is 1. The molecule has 0 saturated carbocycles. The fourth-order valence-corrected chi connectivity index (χ4v) is 3.06. The highest BCUT2D eigenvalue weighted by Gasteiger charge is 2.28. The number of hydrogen-bond acceptors (Lipinski definition) is 5. The molecule has 26 heavy (non-hydrogen) atoms. The van der Waals surface area contributed by atoms with Gasteiger partial charge in [-0.2, -0.15) is 0 Å². The Balaban J connectivity index is 1.66. The van der Waals surface area contributed by atoms with Gasteiger partial charge in [-0.05, 0) is 51.4 Å². The number of likely N-dealkylation sites (tertiary alicyclic amines) is 1. The molecule has 1 aromatic rings. The lowest BCUT2D eigenvalue weighted by atomic mass is 9.97. The first-order valence-corrected chi connectivity index (χ1v) is 9.32. The second-order valence-corrected chi connectivity index (χ2v) is 6.81. The minimum absolute atomic E-state index is 0.0699. The zero-order valence-electron chi connectivity index (χ0n) is 16.1. The summed E-state index contributed by atoms with van der Waals surface area (Å²) in [5.74, 6) is 0.751. The van der Waals surface area contributed by atoms with Crippen LogP contribution in [0.15, 0.2) is 24.3 Å². The van der Waals surface area contributed by atoms with Gasteiger partial charge < -0.3 is 14.4 Å². The van der Waals surface area contributed by atoms with Gasteiger partial charge in [0, 0.05) is 19.6 Å². The highest BCUT2D eigenvalue weighted by Crippen LogP contribution is 2.19. The Morgan fingerprint density at radius 2 is 2.00 bits per heavy atom. The molecule has 1 heterocycles. The van der Waals surface area contributed by atoms with Gasteiger partial charge in [-0.25, -0.2) is 0 Å². The molecule has 0 atom stereocenters. The van der Waals surface area contributed by atoms with E-state index in [9.17, 15) is 9.59 Å². The van der Waals surface area contributed by atoms with Gasteiger partial charge in [-0.3, -0.25) is 14.5 Å². The molecule has 1 fully saturated rings. The number of rotatable bonds is 8. The number of piperidine rings is 1. The fourth-order valence-electron chi connectivity index (χ4n) is 3.06. The topological polar surface area (TPSA) is 59.1 Å². The summed E-state index contributed by atoms with van der Waals surface area (Å²) in [7, 11) is 1.92. The summed E-state index contributed by atoms with van der Waals surface area (Å²) in [6.07, 6.45) is 1.37. The zero-order chi connectivity index (χ0) is 18.9. The third-order valence-corrected chi connectivity index (χ3v) is 4.60. The van der Waals surface area contributed by atoms with Crippen LogP contribution in [0.5, 0.6) is 5.75 Å². The van der Waals surface area contributed by atoms with Gasteiger partial charge in [0.25, 0.3) is 0 Å². The van der Waals surface area contributed by atoms with Gasteiger partial charge in [0.05, 0.1) is 19.1 Å². The van der Waals surface area contributed by atoms with Crippen molar-refractivity contribution >= 4 is 11.9 Å². The van der Waals surface area contributed by atoms with E-state index in [0.717, 1.165) is 11.3 Å². The van der Waals surface area contributed by atoms with Crippen LogP contribution < -0.4 is 4.74 Å². The molecule has 6 nitrogen and oxygen atoms in total. The third-order valence-electron chi connectivity index (χ3n) is 4.60. The lowest BCUT2D eigenvalue weighted by molar-refractivity contribution is -0.151. The Hall–Kier alpha value is -2.08. The van der Waals surface area contributed by atoms with Gasteiger partial charge in [-0.15, -0.1) is 0 Å².